The zero-order chi connectivity index (χ0) is 22.3. The van der Waals surface area contributed by atoms with E-state index in [0.29, 0.717) is 25.9 Å². The third-order valence-electron chi connectivity index (χ3n) is 6.02. The maximum Gasteiger partial charge on any atom is 0.121 e. The maximum absolute atomic E-state index is 10.1. The van der Waals surface area contributed by atoms with Crippen molar-refractivity contribution in [2.24, 2.45) is 0 Å². The molecular weight excluding hydrogens is 402 g/mol. The molecule has 0 amide bonds. The van der Waals surface area contributed by atoms with Crippen LogP contribution < -0.4 is 10.1 Å². The molecule has 1 saturated carbocycles. The fraction of sp³-hybridized carbons (Fsp3) is 0.423. The van der Waals surface area contributed by atoms with Crippen LogP contribution in [0.1, 0.15) is 37.8 Å². The zero-order valence-electron chi connectivity index (χ0n) is 18.9. The highest BCUT2D eigenvalue weighted by Crippen LogP contribution is 2.43. The van der Waals surface area contributed by atoms with Gasteiger partial charge in [-0.1, -0.05) is 12.1 Å². The summed E-state index contributed by atoms with van der Waals surface area (Å²) in [4.78, 5) is 0. The van der Waals surface area contributed by atoms with Gasteiger partial charge in [0.05, 0.1) is 30.0 Å². The van der Waals surface area contributed by atoms with E-state index in [4.69, 9.17) is 14.2 Å². The first kappa shape index (κ1) is 22.2. The minimum Gasteiger partial charge on any atom is -0.491 e. The van der Waals surface area contributed by atoms with Gasteiger partial charge in [0, 0.05) is 43.4 Å². The SMILES string of the molecule is CCOCCNc1ccc(-c2c(C#N)c3ccc(OCCOC)cc3n2C2CCC2)cc1. The number of rotatable bonds is 11. The van der Waals surface area contributed by atoms with Gasteiger partial charge in [-0.2, -0.15) is 5.26 Å². The normalized spacial score (nSPS) is 13.7. The minimum absolute atomic E-state index is 0.410. The van der Waals surface area contributed by atoms with Crippen LogP contribution in [-0.2, 0) is 9.47 Å². The largest absolute Gasteiger partial charge is 0.491 e. The molecule has 0 saturated heterocycles. The van der Waals surface area contributed by atoms with Crippen LogP contribution in [0.25, 0.3) is 22.2 Å². The fourth-order valence-electron chi connectivity index (χ4n) is 4.20. The molecule has 3 aromatic rings. The van der Waals surface area contributed by atoms with Crippen molar-refractivity contribution in [1.82, 2.24) is 4.57 Å². The molecule has 168 valence electrons. The van der Waals surface area contributed by atoms with Crippen LogP contribution in [0.5, 0.6) is 5.75 Å². The fourth-order valence-corrected chi connectivity index (χ4v) is 4.20. The van der Waals surface area contributed by atoms with E-state index < -0.39 is 0 Å². The molecule has 4 rings (SSSR count). The lowest BCUT2D eigenvalue weighted by Crippen LogP contribution is -2.18. The van der Waals surface area contributed by atoms with Gasteiger partial charge < -0.3 is 24.1 Å². The molecule has 0 unspecified atom stereocenters. The molecule has 32 heavy (non-hydrogen) atoms. The van der Waals surface area contributed by atoms with Crippen LogP contribution in [0.2, 0.25) is 0 Å². The van der Waals surface area contributed by atoms with Crippen LogP contribution in [0.15, 0.2) is 42.5 Å². The third kappa shape index (κ3) is 4.59. The van der Waals surface area contributed by atoms with Crippen molar-refractivity contribution in [2.45, 2.75) is 32.2 Å². The van der Waals surface area contributed by atoms with Gasteiger partial charge in [-0.25, -0.2) is 0 Å². The topological polar surface area (TPSA) is 68.4 Å². The molecule has 6 heteroatoms. The van der Waals surface area contributed by atoms with Crippen molar-refractivity contribution >= 4 is 16.6 Å². The predicted molar refractivity (Wildman–Crippen MR) is 127 cm³/mol. The molecule has 1 aliphatic carbocycles. The molecule has 1 heterocycles. The van der Waals surface area contributed by atoms with E-state index in [1.165, 1.54) is 6.42 Å². The first-order valence-electron chi connectivity index (χ1n) is 11.4. The van der Waals surface area contributed by atoms with Gasteiger partial charge in [0.1, 0.15) is 18.4 Å². The number of benzene rings is 2. The highest BCUT2D eigenvalue weighted by atomic mass is 16.5. The number of aromatic nitrogens is 1. The molecule has 0 radical (unpaired) electrons. The van der Waals surface area contributed by atoms with E-state index in [9.17, 15) is 5.26 Å². The molecule has 0 atom stereocenters. The average molecular weight is 434 g/mol. The number of anilines is 1. The number of ether oxygens (including phenoxy) is 3. The van der Waals surface area contributed by atoms with E-state index >= 15 is 0 Å². The van der Waals surface area contributed by atoms with Gasteiger partial charge in [-0.15, -0.1) is 0 Å². The van der Waals surface area contributed by atoms with Gasteiger partial charge in [0.15, 0.2) is 0 Å². The van der Waals surface area contributed by atoms with Crippen molar-refractivity contribution < 1.29 is 14.2 Å². The zero-order valence-corrected chi connectivity index (χ0v) is 18.9. The smallest absolute Gasteiger partial charge is 0.121 e. The van der Waals surface area contributed by atoms with Crippen LogP contribution in [0, 0.1) is 11.3 Å². The van der Waals surface area contributed by atoms with Crippen molar-refractivity contribution in [3.63, 3.8) is 0 Å². The van der Waals surface area contributed by atoms with E-state index in [1.54, 1.807) is 7.11 Å². The summed E-state index contributed by atoms with van der Waals surface area (Å²) in [5.41, 5.74) is 4.90. The number of hydrogen-bond donors (Lipinski definition) is 1. The number of methoxy groups -OCH3 is 1. The van der Waals surface area contributed by atoms with Gasteiger partial charge in [-0.3, -0.25) is 0 Å². The van der Waals surface area contributed by atoms with Crippen LogP contribution in [0.3, 0.4) is 0 Å². The quantitative estimate of drug-likeness (QED) is 0.411. The van der Waals surface area contributed by atoms with Gasteiger partial charge in [0.2, 0.25) is 0 Å². The van der Waals surface area contributed by atoms with E-state index in [1.807, 2.05) is 19.1 Å². The molecule has 2 aromatic carbocycles. The van der Waals surface area contributed by atoms with Crippen molar-refractivity contribution in [3.8, 4) is 23.1 Å². The molecule has 1 aliphatic rings. The van der Waals surface area contributed by atoms with Crippen LogP contribution >= 0.6 is 0 Å². The maximum atomic E-state index is 10.1. The Balaban J connectivity index is 1.70. The Hall–Kier alpha value is -3.01. The summed E-state index contributed by atoms with van der Waals surface area (Å²) in [6.45, 7) is 5.22. The summed E-state index contributed by atoms with van der Waals surface area (Å²) in [6, 6.07) is 17.3. The Morgan fingerprint density at radius 1 is 1.09 bits per heavy atom. The predicted octanol–water partition coefficient (Wildman–Crippen LogP) is 5.38. The van der Waals surface area contributed by atoms with Crippen LogP contribution in [0.4, 0.5) is 5.69 Å². The number of fused-ring (bicyclic) bond motifs is 1. The van der Waals surface area contributed by atoms with Gasteiger partial charge >= 0.3 is 0 Å². The standard InChI is InChI=1S/C26H31N3O3/c1-3-31-14-13-28-20-9-7-19(8-10-20)26-24(18-27)23-12-11-22(32-16-15-30-2)17-25(23)29(26)21-5-4-6-21/h7-12,17,21,28H,3-6,13-16H2,1-2H3. The molecule has 0 aliphatic heterocycles. The summed E-state index contributed by atoms with van der Waals surface area (Å²) in [5.74, 6) is 0.803. The highest BCUT2D eigenvalue weighted by molar-refractivity contribution is 5.95. The molecule has 1 aromatic heterocycles. The summed E-state index contributed by atoms with van der Waals surface area (Å²) < 4.78 is 18.7. The minimum atomic E-state index is 0.410. The Morgan fingerprint density at radius 2 is 1.91 bits per heavy atom. The number of nitrogens with zero attached hydrogens (tertiary/aromatic N) is 2. The third-order valence-corrected chi connectivity index (χ3v) is 6.02. The lowest BCUT2D eigenvalue weighted by atomic mass is 9.92. The highest BCUT2D eigenvalue weighted by Gasteiger charge is 2.28. The molecule has 0 bridgehead atoms. The lowest BCUT2D eigenvalue weighted by Gasteiger charge is -2.30. The van der Waals surface area contributed by atoms with E-state index in [-0.39, 0.29) is 0 Å². The summed E-state index contributed by atoms with van der Waals surface area (Å²) >= 11 is 0. The Morgan fingerprint density at radius 3 is 2.56 bits per heavy atom. The number of nitriles is 1. The van der Waals surface area contributed by atoms with Crippen LogP contribution in [-0.4, -0.2) is 44.6 Å². The van der Waals surface area contributed by atoms with Crippen molar-refractivity contribution in [2.75, 3.05) is 45.4 Å². The molecule has 1 N–H and O–H groups in total. The second kappa shape index (κ2) is 10.5. The first-order valence-corrected chi connectivity index (χ1v) is 11.4. The number of nitrogens with one attached hydrogen (secondary N) is 1. The molecule has 0 spiro atoms. The first-order chi connectivity index (χ1) is 15.8. The molecule has 1 fully saturated rings. The monoisotopic (exact) mass is 433 g/mol. The van der Waals surface area contributed by atoms with Crippen molar-refractivity contribution in [1.29, 1.82) is 5.26 Å². The summed E-state index contributed by atoms with van der Waals surface area (Å²) in [6.07, 6.45) is 3.49. The average Bonchev–Trinajstić information content (AvgIpc) is 3.09. The second-order valence-electron chi connectivity index (χ2n) is 8.01. The van der Waals surface area contributed by atoms with E-state index in [0.717, 1.165) is 65.2 Å². The molecular formula is C26H31N3O3. The van der Waals surface area contributed by atoms with Crippen molar-refractivity contribution in [3.05, 3.63) is 48.0 Å². The second-order valence-corrected chi connectivity index (χ2v) is 8.01. The Kier molecular flexibility index (Phi) is 7.31. The summed E-state index contributed by atoms with van der Waals surface area (Å²) in [7, 11) is 1.67. The Labute approximate surface area is 189 Å². The number of hydrogen-bond acceptors (Lipinski definition) is 5. The van der Waals surface area contributed by atoms with E-state index in [2.05, 4.69) is 46.3 Å². The van der Waals surface area contributed by atoms with Gasteiger partial charge in [-0.05, 0) is 56.0 Å². The lowest BCUT2D eigenvalue weighted by molar-refractivity contribution is 0.146. The Bertz CT molecular complexity index is 1080. The van der Waals surface area contributed by atoms with Gasteiger partial charge in [0.25, 0.3) is 0 Å². The summed E-state index contributed by atoms with van der Waals surface area (Å²) in [5, 5.41) is 14.5. The molecule has 6 nitrogen and oxygen atoms in total.